The molecule has 0 bridgehead atoms. The summed E-state index contributed by atoms with van der Waals surface area (Å²) in [5.74, 6) is -0.586. The number of hydrogen-bond donors (Lipinski definition) is 0. The van der Waals surface area contributed by atoms with Crippen LogP contribution in [0, 0.1) is 0 Å². The molecule has 3 aromatic carbocycles. The van der Waals surface area contributed by atoms with E-state index in [0.717, 1.165) is 16.7 Å². The quantitative estimate of drug-likeness (QED) is 0.175. The second kappa shape index (κ2) is 11.7. The molecule has 0 N–H and O–H groups in total. The molecule has 1 aliphatic heterocycles. The first-order valence-corrected chi connectivity index (χ1v) is 11.5. The van der Waals surface area contributed by atoms with Crippen LogP contribution >= 0.6 is 0 Å². The second-order valence-corrected chi connectivity index (χ2v) is 8.28. The van der Waals surface area contributed by atoms with Crippen LogP contribution in [0.2, 0.25) is 0 Å². The Bertz CT molecular complexity index is 1170. The van der Waals surface area contributed by atoms with Crippen LogP contribution in [0.25, 0.3) is 10.4 Å². The second-order valence-electron chi connectivity index (χ2n) is 8.28. The first kappa shape index (κ1) is 23.9. The van der Waals surface area contributed by atoms with Crippen LogP contribution < -0.4 is 0 Å². The van der Waals surface area contributed by atoms with Crippen LogP contribution in [0.3, 0.4) is 0 Å². The lowest BCUT2D eigenvalue weighted by Crippen LogP contribution is -2.45. The van der Waals surface area contributed by atoms with Crippen molar-refractivity contribution in [1.82, 2.24) is 4.90 Å². The van der Waals surface area contributed by atoms with Crippen molar-refractivity contribution in [3.63, 3.8) is 0 Å². The lowest BCUT2D eigenvalue weighted by Gasteiger charge is -2.38. The number of benzene rings is 3. The minimum atomic E-state index is -0.861. The summed E-state index contributed by atoms with van der Waals surface area (Å²) in [6, 6.07) is 27.1. The molecule has 0 aliphatic carbocycles. The number of esters is 1. The van der Waals surface area contributed by atoms with Crippen molar-refractivity contribution in [2.24, 2.45) is 5.11 Å². The summed E-state index contributed by atoms with van der Waals surface area (Å²) in [5, 5.41) is 3.54. The monoisotopic (exact) mass is 470 g/mol. The molecule has 0 saturated carbocycles. The first-order chi connectivity index (χ1) is 17.2. The zero-order chi connectivity index (χ0) is 24.5. The molecule has 1 saturated heterocycles. The number of azide groups is 1. The molecule has 178 valence electrons. The van der Waals surface area contributed by atoms with E-state index in [4.69, 9.17) is 15.0 Å². The average Bonchev–Trinajstić information content (AvgIpc) is 2.90. The van der Waals surface area contributed by atoms with Crippen molar-refractivity contribution in [3.8, 4) is 0 Å². The summed E-state index contributed by atoms with van der Waals surface area (Å²) in [7, 11) is 0. The minimum Gasteiger partial charge on any atom is -0.459 e. The molecule has 8 nitrogen and oxygen atoms in total. The van der Waals surface area contributed by atoms with E-state index in [1.165, 1.54) is 0 Å². The fourth-order valence-electron chi connectivity index (χ4n) is 4.22. The summed E-state index contributed by atoms with van der Waals surface area (Å²) in [6.07, 6.45) is -0.357. The van der Waals surface area contributed by atoms with Gasteiger partial charge in [-0.2, -0.15) is 0 Å². The highest BCUT2D eigenvalue weighted by Crippen LogP contribution is 2.34. The molecule has 3 aromatic rings. The highest BCUT2D eigenvalue weighted by molar-refractivity contribution is 5.77. The molecule has 3 atom stereocenters. The number of ether oxygens (including phenoxy) is 2. The topological polar surface area (TPSA) is 105 Å². The average molecular weight is 471 g/mol. The van der Waals surface area contributed by atoms with Crippen LogP contribution in [0.15, 0.2) is 96.1 Å². The van der Waals surface area contributed by atoms with E-state index in [1.54, 1.807) is 4.90 Å². The van der Waals surface area contributed by atoms with Crippen molar-refractivity contribution >= 4 is 12.1 Å². The molecule has 0 aromatic heterocycles. The van der Waals surface area contributed by atoms with E-state index in [9.17, 15) is 9.59 Å². The van der Waals surface area contributed by atoms with Crippen LogP contribution in [-0.4, -0.2) is 29.1 Å². The number of cyclic esters (lactones) is 1. The normalized spacial score (nSPS) is 18.0. The van der Waals surface area contributed by atoms with Gasteiger partial charge in [-0.15, -0.1) is 0 Å². The van der Waals surface area contributed by atoms with Crippen LogP contribution in [0.1, 0.15) is 35.6 Å². The number of amides is 1. The lowest BCUT2D eigenvalue weighted by atomic mass is 9.92. The maximum atomic E-state index is 13.5. The molecule has 0 spiro atoms. The third-order valence-corrected chi connectivity index (χ3v) is 5.92. The summed E-state index contributed by atoms with van der Waals surface area (Å²) in [4.78, 5) is 30.5. The van der Waals surface area contributed by atoms with E-state index >= 15 is 0 Å². The summed E-state index contributed by atoms with van der Waals surface area (Å²) >= 11 is 0. The van der Waals surface area contributed by atoms with Gasteiger partial charge in [-0.1, -0.05) is 96.1 Å². The Morgan fingerprint density at radius 2 is 1.57 bits per heavy atom. The number of carbonyl (C=O) groups excluding carboxylic acids is 2. The van der Waals surface area contributed by atoms with Gasteiger partial charge in [0, 0.05) is 11.5 Å². The number of carbonyl (C=O) groups is 2. The van der Waals surface area contributed by atoms with Crippen LogP contribution in [0.5, 0.6) is 0 Å². The van der Waals surface area contributed by atoms with Crippen molar-refractivity contribution in [2.45, 2.75) is 44.2 Å². The highest BCUT2D eigenvalue weighted by atomic mass is 16.6. The molecular weight excluding hydrogens is 444 g/mol. The fourth-order valence-corrected chi connectivity index (χ4v) is 4.22. The van der Waals surface area contributed by atoms with Crippen LogP contribution in [-0.2, 0) is 27.4 Å². The van der Waals surface area contributed by atoms with Gasteiger partial charge in [0.1, 0.15) is 18.8 Å². The Labute approximate surface area is 203 Å². The van der Waals surface area contributed by atoms with Gasteiger partial charge in [-0.05, 0) is 35.1 Å². The molecular formula is C27H26N4O4. The molecule has 1 amide bonds. The van der Waals surface area contributed by atoms with Crippen molar-refractivity contribution in [1.29, 1.82) is 0 Å². The number of nitrogens with zero attached hydrogens (tertiary/aromatic N) is 4. The SMILES string of the molecule is [N-]=[N+]=NC1CC[C@@H](C(c2ccccc2)N(Cc2ccccc2)C(=O)OCc2ccccc2)OC1=O. The van der Waals surface area contributed by atoms with E-state index in [-0.39, 0.29) is 13.2 Å². The van der Waals surface area contributed by atoms with Gasteiger partial charge in [-0.3, -0.25) is 9.69 Å². The van der Waals surface area contributed by atoms with E-state index < -0.39 is 30.3 Å². The van der Waals surface area contributed by atoms with Crippen molar-refractivity contribution in [3.05, 3.63) is 118 Å². The largest absolute Gasteiger partial charge is 0.459 e. The predicted octanol–water partition coefficient (Wildman–Crippen LogP) is 5.95. The van der Waals surface area contributed by atoms with Crippen LogP contribution in [0.4, 0.5) is 4.79 Å². The third-order valence-electron chi connectivity index (χ3n) is 5.92. The molecule has 1 heterocycles. The van der Waals surface area contributed by atoms with Gasteiger partial charge in [0.05, 0.1) is 6.04 Å². The highest BCUT2D eigenvalue weighted by Gasteiger charge is 2.40. The lowest BCUT2D eigenvalue weighted by molar-refractivity contribution is -0.160. The summed E-state index contributed by atoms with van der Waals surface area (Å²) < 4.78 is 11.5. The van der Waals surface area contributed by atoms with Gasteiger partial charge in [0.2, 0.25) is 0 Å². The molecule has 4 rings (SSSR count). The summed E-state index contributed by atoms with van der Waals surface area (Å²) in [5.41, 5.74) is 11.4. The first-order valence-electron chi connectivity index (χ1n) is 11.5. The Morgan fingerprint density at radius 1 is 0.971 bits per heavy atom. The van der Waals surface area contributed by atoms with Gasteiger partial charge < -0.3 is 9.47 Å². The minimum absolute atomic E-state index is 0.121. The maximum absolute atomic E-state index is 13.5. The molecule has 1 aliphatic rings. The summed E-state index contributed by atoms with van der Waals surface area (Å²) in [6.45, 7) is 0.387. The Kier molecular flexibility index (Phi) is 7.99. The van der Waals surface area contributed by atoms with Crippen molar-refractivity contribution in [2.75, 3.05) is 0 Å². The van der Waals surface area contributed by atoms with Gasteiger partial charge in [0.25, 0.3) is 0 Å². The fraction of sp³-hybridized carbons (Fsp3) is 0.259. The zero-order valence-corrected chi connectivity index (χ0v) is 19.1. The van der Waals surface area contributed by atoms with Gasteiger partial charge >= 0.3 is 12.1 Å². The van der Waals surface area contributed by atoms with Gasteiger partial charge in [-0.25, -0.2) is 4.79 Å². The molecule has 1 fully saturated rings. The molecule has 8 heteroatoms. The molecule has 0 radical (unpaired) electrons. The predicted molar refractivity (Wildman–Crippen MR) is 130 cm³/mol. The smallest absolute Gasteiger partial charge is 0.411 e. The standard InChI is InChI=1S/C27H26N4O4/c28-30-29-23-16-17-24(35-26(23)32)25(22-14-8-3-9-15-22)31(18-20-10-4-1-5-11-20)27(33)34-19-21-12-6-2-7-13-21/h1-15,23-25H,16-19H2/t23?,24-,25?/m0/s1. The van der Waals surface area contributed by atoms with Crippen molar-refractivity contribution < 1.29 is 19.1 Å². The Hall–Kier alpha value is -4.29. The Morgan fingerprint density at radius 3 is 2.17 bits per heavy atom. The number of hydrogen-bond acceptors (Lipinski definition) is 5. The number of rotatable bonds is 8. The van der Waals surface area contributed by atoms with E-state index in [1.807, 2.05) is 91.0 Å². The molecule has 2 unspecified atom stereocenters. The zero-order valence-electron chi connectivity index (χ0n) is 19.1. The third kappa shape index (κ3) is 6.19. The van der Waals surface area contributed by atoms with E-state index in [0.29, 0.717) is 12.8 Å². The molecule has 35 heavy (non-hydrogen) atoms. The van der Waals surface area contributed by atoms with Gasteiger partial charge in [0.15, 0.2) is 0 Å². The van der Waals surface area contributed by atoms with E-state index in [2.05, 4.69) is 10.0 Å². The Balaban J connectivity index is 1.65. The maximum Gasteiger partial charge on any atom is 0.411 e.